The molecule has 0 fully saturated rings. The maximum Gasteiger partial charge on any atom is 0.329 e. The van der Waals surface area contributed by atoms with Crippen molar-refractivity contribution in [3.63, 3.8) is 0 Å². The molecule has 0 amide bonds. The molecule has 1 N–H and O–H groups in total. The van der Waals surface area contributed by atoms with E-state index in [9.17, 15) is 4.89 Å². The Bertz CT molecular complexity index is 237. The first kappa shape index (κ1) is 27.0. The Morgan fingerprint density at radius 1 is 0.577 bits per heavy atom. The van der Waals surface area contributed by atoms with E-state index in [-0.39, 0.29) is 0 Å². The molecule has 26 heavy (non-hydrogen) atoms. The molecule has 0 atom stereocenters. The van der Waals surface area contributed by atoms with Gasteiger partial charge >= 0.3 is 8.60 Å². The van der Waals surface area contributed by atoms with E-state index >= 15 is 0 Å². The average molecular weight is 427 g/mol. The summed E-state index contributed by atoms with van der Waals surface area (Å²) in [6, 6.07) is 0. The quantitative estimate of drug-likeness (QED) is 0.144. The van der Waals surface area contributed by atoms with Crippen LogP contribution in [-0.4, -0.2) is 41.1 Å². The smallest absolute Gasteiger partial charge is 0.328 e. The normalized spacial score (nSPS) is 11.5. The molecule has 0 radical (unpaired) electrons. The minimum atomic E-state index is -1.68. The van der Waals surface area contributed by atoms with Crippen molar-refractivity contribution in [1.82, 2.24) is 0 Å². The predicted molar refractivity (Wildman–Crippen MR) is 122 cm³/mol. The highest BCUT2D eigenvalue weighted by Gasteiger charge is 2.06. The lowest BCUT2D eigenvalue weighted by Crippen LogP contribution is -1.99. The Hall–Kier alpha value is 1.01. The van der Waals surface area contributed by atoms with Gasteiger partial charge < -0.3 is 13.9 Å². The fourth-order valence-corrected chi connectivity index (χ4v) is 5.00. The summed E-state index contributed by atoms with van der Waals surface area (Å²) in [4.78, 5) is 9.70. The highest BCUT2D eigenvalue weighted by Crippen LogP contribution is 2.32. The van der Waals surface area contributed by atoms with Crippen LogP contribution in [0.3, 0.4) is 0 Å². The first-order valence-corrected chi connectivity index (χ1v) is 14.2. The van der Waals surface area contributed by atoms with Gasteiger partial charge in [-0.05, 0) is 24.3 Å². The molecule has 0 aliphatic rings. The molecule has 0 unspecified atom stereocenters. The zero-order chi connectivity index (χ0) is 19.1. The molecule has 3 nitrogen and oxygen atoms in total. The second kappa shape index (κ2) is 24.0. The number of unbranched alkanes of at least 4 members (excludes halogenated alkanes) is 10. The largest absolute Gasteiger partial charge is 0.329 e. The Balaban J connectivity index is 3.12. The average Bonchev–Trinajstić information content (AvgIpc) is 2.64. The molecule has 0 aromatic rings. The van der Waals surface area contributed by atoms with E-state index in [0.717, 1.165) is 11.5 Å². The molecule has 0 aliphatic heterocycles. The lowest BCUT2D eigenvalue weighted by molar-refractivity contribution is 0.218. The third-order valence-electron chi connectivity index (χ3n) is 4.14. The zero-order valence-electron chi connectivity index (χ0n) is 17.3. The summed E-state index contributed by atoms with van der Waals surface area (Å²) in [5.74, 6) is 4.30. The Morgan fingerprint density at radius 3 is 1.38 bits per heavy atom. The van der Waals surface area contributed by atoms with Crippen molar-refractivity contribution in [3.05, 3.63) is 0 Å². The van der Waals surface area contributed by atoms with E-state index in [0.29, 0.717) is 13.2 Å². The molecule has 6 heteroatoms. The number of hydrogen-bond donors (Lipinski definition) is 1. The zero-order valence-corrected chi connectivity index (χ0v) is 19.8. The number of rotatable bonds is 22. The van der Waals surface area contributed by atoms with Crippen LogP contribution in [0.25, 0.3) is 0 Å². The van der Waals surface area contributed by atoms with E-state index < -0.39 is 8.60 Å². The van der Waals surface area contributed by atoms with E-state index in [2.05, 4.69) is 13.8 Å². The monoisotopic (exact) mass is 426 g/mol. The van der Waals surface area contributed by atoms with Crippen molar-refractivity contribution >= 4 is 32.1 Å². The summed E-state index contributed by atoms with van der Waals surface area (Å²) in [5, 5.41) is 0. The van der Waals surface area contributed by atoms with Gasteiger partial charge in [-0.25, -0.2) is 0 Å². The summed E-state index contributed by atoms with van der Waals surface area (Å²) in [6.45, 7) is 5.69. The van der Waals surface area contributed by atoms with Crippen LogP contribution in [-0.2, 0) is 9.05 Å². The topological polar surface area (TPSA) is 38.7 Å². The van der Waals surface area contributed by atoms with Gasteiger partial charge in [0.2, 0.25) is 0 Å². The van der Waals surface area contributed by atoms with Crippen molar-refractivity contribution in [2.24, 2.45) is 0 Å². The fraction of sp³-hybridized carbons (Fsp3) is 1.00. The number of thioether (sulfide) groups is 2. The lowest BCUT2D eigenvalue weighted by atomic mass is 10.1. The van der Waals surface area contributed by atoms with Crippen molar-refractivity contribution in [1.29, 1.82) is 0 Å². The van der Waals surface area contributed by atoms with Gasteiger partial charge in [-0.2, -0.15) is 23.5 Å². The van der Waals surface area contributed by atoms with Gasteiger partial charge in [0.1, 0.15) is 0 Å². The van der Waals surface area contributed by atoms with Crippen LogP contribution >= 0.6 is 32.1 Å². The minimum Gasteiger partial charge on any atom is -0.328 e. The van der Waals surface area contributed by atoms with Gasteiger partial charge in [0.05, 0.1) is 13.2 Å². The standard InChI is InChI=1S/C20H43O3PS2/c1-3-5-7-9-11-13-17-25-19-15-22-24(21)23-16-20-26-18-14-12-10-8-6-4-2/h21H,3-20H2,1-2H3. The van der Waals surface area contributed by atoms with E-state index in [1.165, 1.54) is 88.6 Å². The first-order chi connectivity index (χ1) is 12.8. The summed E-state index contributed by atoms with van der Waals surface area (Å²) >= 11 is 3.84. The van der Waals surface area contributed by atoms with Gasteiger partial charge in [0, 0.05) is 11.5 Å². The molecule has 0 heterocycles. The van der Waals surface area contributed by atoms with Crippen LogP contribution in [0.4, 0.5) is 0 Å². The Kier molecular flexibility index (Phi) is 25.0. The highest BCUT2D eigenvalue weighted by molar-refractivity contribution is 7.99. The molecule has 0 saturated carbocycles. The maximum atomic E-state index is 9.70. The third-order valence-corrected chi connectivity index (χ3v) is 7.02. The maximum absolute atomic E-state index is 9.70. The summed E-state index contributed by atoms with van der Waals surface area (Å²) in [6.07, 6.45) is 16.2. The third kappa shape index (κ3) is 23.0. The SMILES string of the molecule is CCCCCCCCSCCOP(O)OCCSCCCCCCCC. The van der Waals surface area contributed by atoms with Gasteiger partial charge in [0.25, 0.3) is 0 Å². The molecule has 0 bridgehead atoms. The van der Waals surface area contributed by atoms with Crippen molar-refractivity contribution in [3.8, 4) is 0 Å². The van der Waals surface area contributed by atoms with Crippen LogP contribution in [0.1, 0.15) is 90.9 Å². The van der Waals surface area contributed by atoms with Gasteiger partial charge in [-0.1, -0.05) is 78.1 Å². The summed E-state index contributed by atoms with van der Waals surface area (Å²) in [5.41, 5.74) is 0. The second-order valence-corrected chi connectivity index (χ2v) is 10.1. The minimum absolute atomic E-state index is 0.591. The molecular weight excluding hydrogens is 383 g/mol. The van der Waals surface area contributed by atoms with Crippen molar-refractivity contribution in [2.45, 2.75) is 90.9 Å². The first-order valence-electron chi connectivity index (χ1n) is 10.7. The summed E-state index contributed by atoms with van der Waals surface area (Å²) in [7, 11) is -1.68. The van der Waals surface area contributed by atoms with Crippen molar-refractivity contribution in [2.75, 3.05) is 36.2 Å². The van der Waals surface area contributed by atoms with E-state index in [1.807, 2.05) is 23.5 Å². The Morgan fingerprint density at radius 2 is 0.962 bits per heavy atom. The predicted octanol–water partition coefficient (Wildman–Crippen LogP) is 7.43. The molecule has 0 aliphatic carbocycles. The number of hydrogen-bond acceptors (Lipinski definition) is 5. The highest BCUT2D eigenvalue weighted by atomic mass is 32.2. The van der Waals surface area contributed by atoms with Crippen LogP contribution < -0.4 is 0 Å². The molecule has 0 rings (SSSR count). The van der Waals surface area contributed by atoms with Gasteiger partial charge in [0.15, 0.2) is 0 Å². The van der Waals surface area contributed by atoms with Crippen LogP contribution in [0.2, 0.25) is 0 Å². The van der Waals surface area contributed by atoms with Gasteiger partial charge in [-0.15, -0.1) is 0 Å². The van der Waals surface area contributed by atoms with Crippen LogP contribution in [0, 0.1) is 0 Å². The Labute approximate surface area is 173 Å². The van der Waals surface area contributed by atoms with Crippen molar-refractivity contribution < 1.29 is 13.9 Å². The molecule has 158 valence electrons. The van der Waals surface area contributed by atoms with E-state index in [4.69, 9.17) is 9.05 Å². The van der Waals surface area contributed by atoms with Crippen LogP contribution in [0.15, 0.2) is 0 Å². The molecule has 0 aromatic heterocycles. The molecular formula is C20H43O3PS2. The molecule has 0 spiro atoms. The van der Waals surface area contributed by atoms with Crippen LogP contribution in [0.5, 0.6) is 0 Å². The molecule has 0 aromatic carbocycles. The fourth-order valence-electron chi connectivity index (χ4n) is 2.56. The summed E-state index contributed by atoms with van der Waals surface area (Å²) < 4.78 is 10.7. The van der Waals surface area contributed by atoms with Gasteiger partial charge in [-0.3, -0.25) is 0 Å². The lowest BCUT2D eigenvalue weighted by Gasteiger charge is -2.10. The van der Waals surface area contributed by atoms with E-state index in [1.54, 1.807) is 0 Å². The second-order valence-electron chi connectivity index (χ2n) is 6.66. The molecule has 0 saturated heterocycles.